The quantitative estimate of drug-likeness (QED) is 0.628. The van der Waals surface area contributed by atoms with Crippen molar-refractivity contribution in [3.63, 3.8) is 0 Å². The number of amides is 2. The van der Waals surface area contributed by atoms with Gasteiger partial charge in [0.05, 0.1) is 6.54 Å². The second-order valence-corrected chi connectivity index (χ2v) is 5.41. The molecular weight excluding hydrogens is 362 g/mol. The third-order valence-corrected chi connectivity index (χ3v) is 3.42. The number of benzene rings is 2. The van der Waals surface area contributed by atoms with E-state index in [9.17, 15) is 23.2 Å². The summed E-state index contributed by atoms with van der Waals surface area (Å²) < 4.78 is 30.6. The summed E-state index contributed by atoms with van der Waals surface area (Å²) in [6, 6.07) is 8.68. The van der Waals surface area contributed by atoms with E-state index in [0.29, 0.717) is 17.3 Å². The van der Waals surface area contributed by atoms with E-state index in [2.05, 4.69) is 25.3 Å². The first-order valence-corrected chi connectivity index (χ1v) is 7.61. The highest BCUT2D eigenvalue weighted by Crippen LogP contribution is 2.16. The second-order valence-electron chi connectivity index (χ2n) is 5.41. The molecule has 0 spiro atoms. The molecule has 1 heterocycles. The van der Waals surface area contributed by atoms with E-state index >= 15 is 0 Å². The van der Waals surface area contributed by atoms with Crippen molar-refractivity contribution in [1.82, 2.24) is 15.5 Å². The number of nitrogens with one attached hydrogen (secondary N) is 3. The predicted molar refractivity (Wildman–Crippen MR) is 89.9 cm³/mol. The minimum Gasteiger partial charge on any atom is -0.343 e. The monoisotopic (exact) mass is 374 g/mol. The second kappa shape index (κ2) is 7.60. The average molecular weight is 374 g/mol. The van der Waals surface area contributed by atoms with Crippen molar-refractivity contribution in [3.8, 4) is 11.4 Å². The Kier molecular flexibility index (Phi) is 5.06. The van der Waals surface area contributed by atoms with Crippen LogP contribution < -0.4 is 16.4 Å². The van der Waals surface area contributed by atoms with Gasteiger partial charge in [0.2, 0.25) is 5.91 Å². The minimum absolute atomic E-state index is 0.230. The van der Waals surface area contributed by atoms with Crippen LogP contribution in [0, 0.1) is 11.6 Å². The maximum atomic E-state index is 13.1. The first-order chi connectivity index (χ1) is 12.9. The SMILES string of the molecule is O=C(CNC(=O)c1cc(F)cc(F)c1)Nc1ccc(-c2noc(=O)[nH]2)cc1. The molecule has 0 aliphatic heterocycles. The van der Waals surface area contributed by atoms with Crippen LogP contribution in [-0.2, 0) is 4.79 Å². The number of carbonyl (C=O) groups excluding carboxylic acids is 2. The summed E-state index contributed by atoms with van der Waals surface area (Å²) >= 11 is 0. The molecule has 0 saturated carbocycles. The van der Waals surface area contributed by atoms with Crippen LogP contribution in [-0.4, -0.2) is 28.5 Å². The zero-order chi connectivity index (χ0) is 19.4. The van der Waals surface area contributed by atoms with Crippen LogP contribution in [0.2, 0.25) is 0 Å². The van der Waals surface area contributed by atoms with Crippen LogP contribution in [0.15, 0.2) is 51.8 Å². The summed E-state index contributed by atoms with van der Waals surface area (Å²) in [7, 11) is 0. The van der Waals surface area contributed by atoms with Crippen LogP contribution in [0.5, 0.6) is 0 Å². The highest BCUT2D eigenvalue weighted by Gasteiger charge is 2.11. The molecule has 0 radical (unpaired) electrons. The lowest BCUT2D eigenvalue weighted by Gasteiger charge is -2.08. The van der Waals surface area contributed by atoms with Gasteiger partial charge in [-0.25, -0.2) is 13.6 Å². The first kappa shape index (κ1) is 18.0. The van der Waals surface area contributed by atoms with E-state index in [-0.39, 0.29) is 11.4 Å². The van der Waals surface area contributed by atoms with Gasteiger partial charge in [0.15, 0.2) is 5.82 Å². The Morgan fingerprint density at radius 3 is 2.33 bits per heavy atom. The molecule has 3 rings (SSSR count). The van der Waals surface area contributed by atoms with Crippen LogP contribution in [0.4, 0.5) is 14.5 Å². The Morgan fingerprint density at radius 1 is 1.07 bits per heavy atom. The van der Waals surface area contributed by atoms with Crippen molar-refractivity contribution >= 4 is 17.5 Å². The number of carbonyl (C=O) groups is 2. The number of aromatic nitrogens is 2. The summed E-state index contributed by atoms with van der Waals surface area (Å²) in [5, 5.41) is 8.34. The molecule has 0 saturated heterocycles. The molecule has 27 heavy (non-hydrogen) atoms. The van der Waals surface area contributed by atoms with Crippen LogP contribution in [0.3, 0.4) is 0 Å². The number of anilines is 1. The smallest absolute Gasteiger partial charge is 0.343 e. The summed E-state index contributed by atoms with van der Waals surface area (Å²) in [5.41, 5.74) is 0.771. The van der Waals surface area contributed by atoms with E-state index in [1.54, 1.807) is 24.3 Å². The number of hydrogen-bond acceptors (Lipinski definition) is 5. The molecule has 0 aliphatic rings. The van der Waals surface area contributed by atoms with Crippen molar-refractivity contribution in [3.05, 3.63) is 70.2 Å². The molecule has 3 N–H and O–H groups in total. The molecule has 0 atom stereocenters. The fourth-order valence-corrected chi connectivity index (χ4v) is 2.22. The zero-order valence-corrected chi connectivity index (χ0v) is 13.6. The van der Waals surface area contributed by atoms with Crippen LogP contribution in [0.1, 0.15) is 10.4 Å². The standard InChI is InChI=1S/C17H12F2N4O4/c18-11-5-10(6-12(19)7-11)16(25)20-8-14(24)21-13-3-1-9(2-4-13)15-22-17(26)27-23-15/h1-7H,8H2,(H,20,25)(H,21,24)(H,22,23,26). The number of aromatic amines is 1. The van der Waals surface area contributed by atoms with E-state index in [1.807, 2.05) is 0 Å². The molecule has 3 aromatic rings. The normalized spacial score (nSPS) is 10.4. The molecular formula is C17H12F2N4O4. The van der Waals surface area contributed by atoms with Gasteiger partial charge in [-0.05, 0) is 36.4 Å². The summed E-state index contributed by atoms with van der Waals surface area (Å²) in [4.78, 5) is 37.0. The topological polar surface area (TPSA) is 117 Å². The highest BCUT2D eigenvalue weighted by atomic mass is 19.1. The van der Waals surface area contributed by atoms with E-state index in [4.69, 9.17) is 0 Å². The lowest BCUT2D eigenvalue weighted by molar-refractivity contribution is -0.115. The first-order valence-electron chi connectivity index (χ1n) is 7.61. The van der Waals surface area contributed by atoms with Gasteiger partial charge in [-0.2, -0.15) is 0 Å². The lowest BCUT2D eigenvalue weighted by Crippen LogP contribution is -2.32. The minimum atomic E-state index is -0.891. The number of halogens is 2. The third-order valence-electron chi connectivity index (χ3n) is 3.42. The van der Waals surface area contributed by atoms with Crippen molar-refractivity contribution in [2.45, 2.75) is 0 Å². The summed E-state index contributed by atoms with van der Waals surface area (Å²) in [6.45, 7) is -0.394. The fourth-order valence-electron chi connectivity index (χ4n) is 2.22. The molecule has 0 fully saturated rings. The average Bonchev–Trinajstić information content (AvgIpc) is 3.06. The van der Waals surface area contributed by atoms with E-state index < -0.39 is 35.7 Å². The van der Waals surface area contributed by atoms with Gasteiger partial charge in [-0.1, -0.05) is 5.16 Å². The molecule has 2 amide bonds. The summed E-state index contributed by atoms with van der Waals surface area (Å²) in [5.74, 6) is -3.54. The van der Waals surface area contributed by atoms with Crippen LogP contribution in [0.25, 0.3) is 11.4 Å². The molecule has 0 aliphatic carbocycles. The van der Waals surface area contributed by atoms with Crippen molar-refractivity contribution in [2.24, 2.45) is 0 Å². The van der Waals surface area contributed by atoms with Gasteiger partial charge in [0, 0.05) is 22.9 Å². The van der Waals surface area contributed by atoms with Gasteiger partial charge in [-0.15, -0.1) is 0 Å². The molecule has 0 bridgehead atoms. The van der Waals surface area contributed by atoms with Gasteiger partial charge < -0.3 is 10.6 Å². The van der Waals surface area contributed by atoms with E-state index in [1.165, 1.54) is 0 Å². The van der Waals surface area contributed by atoms with Crippen molar-refractivity contribution < 1.29 is 22.9 Å². The van der Waals surface area contributed by atoms with Gasteiger partial charge in [0.1, 0.15) is 11.6 Å². The number of hydrogen-bond donors (Lipinski definition) is 3. The third kappa shape index (κ3) is 4.63. The Labute approximate surface area is 150 Å². The number of nitrogens with zero attached hydrogens (tertiary/aromatic N) is 1. The molecule has 1 aromatic heterocycles. The predicted octanol–water partition coefficient (Wildman–Crippen LogP) is 1.68. The highest BCUT2D eigenvalue weighted by molar-refractivity contribution is 5.99. The lowest BCUT2D eigenvalue weighted by atomic mass is 10.2. The van der Waals surface area contributed by atoms with Crippen molar-refractivity contribution in [1.29, 1.82) is 0 Å². The Morgan fingerprint density at radius 2 is 1.74 bits per heavy atom. The maximum Gasteiger partial charge on any atom is 0.439 e. The van der Waals surface area contributed by atoms with Crippen molar-refractivity contribution in [2.75, 3.05) is 11.9 Å². The number of H-pyrrole nitrogens is 1. The largest absolute Gasteiger partial charge is 0.439 e. The molecule has 0 unspecified atom stereocenters. The van der Waals surface area contributed by atoms with E-state index in [0.717, 1.165) is 12.1 Å². The fraction of sp³-hybridized carbons (Fsp3) is 0.0588. The summed E-state index contributed by atoms with van der Waals surface area (Å²) in [6.07, 6.45) is 0. The van der Waals surface area contributed by atoms with Gasteiger partial charge in [0.25, 0.3) is 5.91 Å². The molecule has 2 aromatic carbocycles. The van der Waals surface area contributed by atoms with Gasteiger partial charge >= 0.3 is 5.76 Å². The van der Waals surface area contributed by atoms with Gasteiger partial charge in [-0.3, -0.25) is 19.1 Å². The Balaban J connectivity index is 1.56. The molecule has 8 nitrogen and oxygen atoms in total. The Bertz CT molecular complexity index is 1020. The molecule has 138 valence electrons. The zero-order valence-electron chi connectivity index (χ0n) is 13.6. The maximum absolute atomic E-state index is 13.1. The Hall–Kier alpha value is -3.82. The molecule has 10 heteroatoms. The van der Waals surface area contributed by atoms with Crippen LogP contribution >= 0.6 is 0 Å². The number of rotatable bonds is 5.